The molecule has 0 radical (unpaired) electrons. The van der Waals surface area contributed by atoms with Crippen LogP contribution in [0.25, 0.3) is 0 Å². The predicted octanol–water partition coefficient (Wildman–Crippen LogP) is 0.200. The number of hydrogen-bond donors (Lipinski definition) is 1. The maximum atomic E-state index is 12.0. The predicted molar refractivity (Wildman–Crippen MR) is 61.7 cm³/mol. The SMILES string of the molecule is COCCCS(=O)(=O)N(CCO)C1CCC1. The molecule has 6 heteroatoms. The van der Waals surface area contributed by atoms with Gasteiger partial charge in [0, 0.05) is 26.3 Å². The van der Waals surface area contributed by atoms with Gasteiger partial charge in [0.2, 0.25) is 10.0 Å². The summed E-state index contributed by atoms with van der Waals surface area (Å²) >= 11 is 0. The Hall–Kier alpha value is -0.170. The molecule has 0 aliphatic heterocycles. The van der Waals surface area contributed by atoms with Crippen molar-refractivity contribution in [3.05, 3.63) is 0 Å². The van der Waals surface area contributed by atoms with E-state index in [1.165, 1.54) is 4.31 Å². The number of sulfonamides is 1. The highest BCUT2D eigenvalue weighted by Gasteiger charge is 2.32. The standard InChI is InChI=1S/C10H21NO4S/c1-15-8-3-9-16(13,14)11(6-7-12)10-4-2-5-10/h10,12H,2-9H2,1H3. The van der Waals surface area contributed by atoms with Crippen molar-refractivity contribution in [2.75, 3.05) is 32.6 Å². The third-order valence-electron chi connectivity index (χ3n) is 2.91. The average Bonchev–Trinajstić information content (AvgIpc) is 2.14. The van der Waals surface area contributed by atoms with E-state index in [0.29, 0.717) is 13.0 Å². The fraction of sp³-hybridized carbons (Fsp3) is 1.00. The summed E-state index contributed by atoms with van der Waals surface area (Å²) in [6, 6.07) is 0.111. The molecule has 0 atom stereocenters. The van der Waals surface area contributed by atoms with Gasteiger partial charge in [0.25, 0.3) is 0 Å². The molecular weight excluding hydrogens is 230 g/mol. The lowest BCUT2D eigenvalue weighted by Gasteiger charge is -2.36. The number of methoxy groups -OCH3 is 1. The van der Waals surface area contributed by atoms with Gasteiger partial charge in [0.1, 0.15) is 0 Å². The first kappa shape index (κ1) is 13.9. The summed E-state index contributed by atoms with van der Waals surface area (Å²) in [5.74, 6) is 0.108. The Morgan fingerprint density at radius 2 is 2.12 bits per heavy atom. The minimum absolute atomic E-state index is 0.108. The zero-order valence-corrected chi connectivity index (χ0v) is 10.6. The molecular formula is C10H21NO4S. The van der Waals surface area contributed by atoms with Gasteiger partial charge < -0.3 is 9.84 Å². The summed E-state index contributed by atoms with van der Waals surface area (Å²) in [5, 5.41) is 8.91. The minimum Gasteiger partial charge on any atom is -0.395 e. The molecule has 1 N–H and O–H groups in total. The summed E-state index contributed by atoms with van der Waals surface area (Å²) < 4.78 is 30.3. The molecule has 0 aromatic heterocycles. The van der Waals surface area contributed by atoms with Gasteiger partial charge in [-0.25, -0.2) is 8.42 Å². The van der Waals surface area contributed by atoms with Crippen LogP contribution < -0.4 is 0 Å². The smallest absolute Gasteiger partial charge is 0.214 e. The Labute approximate surface area is 97.4 Å². The van der Waals surface area contributed by atoms with Gasteiger partial charge in [-0.3, -0.25) is 0 Å². The topological polar surface area (TPSA) is 66.8 Å². The molecule has 1 aliphatic rings. The van der Waals surface area contributed by atoms with Gasteiger partial charge in [0.15, 0.2) is 0 Å². The molecule has 96 valence electrons. The molecule has 0 spiro atoms. The summed E-state index contributed by atoms with van der Waals surface area (Å²) in [7, 11) is -1.66. The van der Waals surface area contributed by atoms with Gasteiger partial charge >= 0.3 is 0 Å². The van der Waals surface area contributed by atoms with Crippen LogP contribution in [0.5, 0.6) is 0 Å². The number of ether oxygens (including phenoxy) is 1. The van der Waals surface area contributed by atoms with Crippen LogP contribution in [-0.4, -0.2) is 56.5 Å². The third kappa shape index (κ3) is 3.69. The second-order valence-electron chi connectivity index (χ2n) is 4.08. The van der Waals surface area contributed by atoms with Crippen molar-refractivity contribution in [1.82, 2.24) is 4.31 Å². The molecule has 1 fully saturated rings. The summed E-state index contributed by atoms with van der Waals surface area (Å²) in [5.41, 5.74) is 0. The maximum Gasteiger partial charge on any atom is 0.214 e. The van der Waals surface area contributed by atoms with Crippen LogP contribution in [-0.2, 0) is 14.8 Å². The Morgan fingerprint density at radius 1 is 1.44 bits per heavy atom. The molecule has 1 saturated carbocycles. The van der Waals surface area contributed by atoms with Crippen LogP contribution in [0.1, 0.15) is 25.7 Å². The van der Waals surface area contributed by atoms with E-state index >= 15 is 0 Å². The molecule has 16 heavy (non-hydrogen) atoms. The van der Waals surface area contributed by atoms with E-state index in [0.717, 1.165) is 19.3 Å². The lowest BCUT2D eigenvalue weighted by Crippen LogP contribution is -2.46. The monoisotopic (exact) mass is 251 g/mol. The first-order valence-corrected chi connectivity index (χ1v) is 7.32. The van der Waals surface area contributed by atoms with Gasteiger partial charge in [-0.15, -0.1) is 0 Å². The molecule has 0 saturated heterocycles. The van der Waals surface area contributed by atoms with Crippen molar-refractivity contribution in [3.8, 4) is 0 Å². The van der Waals surface area contributed by atoms with E-state index in [-0.39, 0.29) is 24.9 Å². The third-order valence-corrected chi connectivity index (χ3v) is 4.91. The highest BCUT2D eigenvalue weighted by Crippen LogP contribution is 2.27. The van der Waals surface area contributed by atoms with Gasteiger partial charge in [-0.05, 0) is 19.3 Å². The number of rotatable bonds is 8. The summed E-state index contributed by atoms with van der Waals surface area (Å²) in [4.78, 5) is 0. The molecule has 0 unspecified atom stereocenters. The van der Waals surface area contributed by atoms with Crippen molar-refractivity contribution >= 4 is 10.0 Å². The molecule has 0 amide bonds. The highest BCUT2D eigenvalue weighted by molar-refractivity contribution is 7.89. The van der Waals surface area contributed by atoms with Crippen LogP contribution >= 0.6 is 0 Å². The molecule has 1 rings (SSSR count). The molecule has 1 aliphatic carbocycles. The molecule has 5 nitrogen and oxygen atoms in total. The highest BCUT2D eigenvalue weighted by atomic mass is 32.2. The minimum atomic E-state index is -3.22. The number of aliphatic hydroxyl groups is 1. The normalized spacial score (nSPS) is 17.7. The lowest BCUT2D eigenvalue weighted by atomic mass is 9.93. The number of nitrogens with zero attached hydrogens (tertiary/aromatic N) is 1. The average molecular weight is 251 g/mol. The zero-order chi connectivity index (χ0) is 12.0. The van der Waals surface area contributed by atoms with Crippen LogP contribution in [0.15, 0.2) is 0 Å². The second-order valence-corrected chi connectivity index (χ2v) is 6.12. The first-order valence-electron chi connectivity index (χ1n) is 5.71. The second kappa shape index (κ2) is 6.54. The van der Waals surface area contributed by atoms with Crippen LogP contribution in [0, 0.1) is 0 Å². The van der Waals surface area contributed by atoms with Crippen molar-refractivity contribution < 1.29 is 18.3 Å². The van der Waals surface area contributed by atoms with E-state index in [4.69, 9.17) is 9.84 Å². The van der Waals surface area contributed by atoms with Crippen LogP contribution in [0.4, 0.5) is 0 Å². The van der Waals surface area contributed by atoms with E-state index in [1.54, 1.807) is 7.11 Å². The Morgan fingerprint density at radius 3 is 2.56 bits per heavy atom. The van der Waals surface area contributed by atoms with Gasteiger partial charge in [-0.1, -0.05) is 6.42 Å². The van der Waals surface area contributed by atoms with Crippen LogP contribution in [0.2, 0.25) is 0 Å². The van der Waals surface area contributed by atoms with Crippen molar-refractivity contribution in [3.63, 3.8) is 0 Å². The van der Waals surface area contributed by atoms with Crippen molar-refractivity contribution in [1.29, 1.82) is 0 Å². The Balaban J connectivity index is 2.53. The lowest BCUT2D eigenvalue weighted by molar-refractivity contribution is 0.176. The molecule has 0 aromatic carbocycles. The number of aliphatic hydroxyl groups excluding tert-OH is 1. The van der Waals surface area contributed by atoms with E-state index < -0.39 is 10.0 Å². The van der Waals surface area contributed by atoms with Crippen molar-refractivity contribution in [2.24, 2.45) is 0 Å². The zero-order valence-electron chi connectivity index (χ0n) is 9.76. The van der Waals surface area contributed by atoms with Gasteiger partial charge in [-0.2, -0.15) is 4.31 Å². The summed E-state index contributed by atoms with van der Waals surface area (Å²) in [6.45, 7) is 0.566. The largest absolute Gasteiger partial charge is 0.395 e. The quantitative estimate of drug-likeness (QED) is 0.626. The number of hydrogen-bond acceptors (Lipinski definition) is 4. The maximum absolute atomic E-state index is 12.0. The van der Waals surface area contributed by atoms with Gasteiger partial charge in [0.05, 0.1) is 12.4 Å². The molecule has 0 heterocycles. The fourth-order valence-corrected chi connectivity index (χ4v) is 3.57. The van der Waals surface area contributed by atoms with E-state index in [1.807, 2.05) is 0 Å². The Kier molecular flexibility index (Phi) is 5.68. The first-order chi connectivity index (χ1) is 7.61. The van der Waals surface area contributed by atoms with E-state index in [9.17, 15) is 8.42 Å². The van der Waals surface area contributed by atoms with Crippen molar-refractivity contribution in [2.45, 2.75) is 31.7 Å². The Bertz CT molecular complexity index is 287. The van der Waals surface area contributed by atoms with E-state index in [2.05, 4.69) is 0 Å². The van der Waals surface area contributed by atoms with Crippen LogP contribution in [0.3, 0.4) is 0 Å². The summed E-state index contributed by atoms with van der Waals surface area (Å²) in [6.07, 6.45) is 3.43. The fourth-order valence-electron chi connectivity index (χ4n) is 1.82. The molecule has 0 bridgehead atoms. The molecule has 0 aromatic rings.